The third-order valence-electron chi connectivity index (χ3n) is 3.15. The molecule has 19 heavy (non-hydrogen) atoms. The van der Waals surface area contributed by atoms with Gasteiger partial charge in [-0.25, -0.2) is 14.5 Å². The number of hydrogen-bond donors (Lipinski definition) is 1. The van der Waals surface area contributed by atoms with Crippen LogP contribution in [0.15, 0.2) is 29.3 Å². The van der Waals surface area contributed by atoms with Crippen LogP contribution in [0.5, 0.6) is 0 Å². The zero-order valence-electron chi connectivity index (χ0n) is 10.7. The number of hydrogen-bond acceptors (Lipinski definition) is 4. The van der Waals surface area contributed by atoms with E-state index in [0.717, 1.165) is 11.3 Å². The molecular weight excluding hydrogens is 242 g/mol. The zero-order chi connectivity index (χ0) is 13.4. The molecule has 0 aliphatic carbocycles. The van der Waals surface area contributed by atoms with Gasteiger partial charge in [0.15, 0.2) is 5.82 Å². The first-order chi connectivity index (χ1) is 9.22. The number of pyridine rings is 1. The molecule has 3 aromatic rings. The normalized spacial score (nSPS) is 11.1. The summed E-state index contributed by atoms with van der Waals surface area (Å²) >= 11 is 0. The van der Waals surface area contributed by atoms with Gasteiger partial charge in [0, 0.05) is 23.5 Å². The predicted molar refractivity (Wildman–Crippen MR) is 71.0 cm³/mol. The van der Waals surface area contributed by atoms with E-state index in [9.17, 15) is 4.79 Å². The van der Waals surface area contributed by atoms with Crippen LogP contribution in [0.2, 0.25) is 0 Å². The summed E-state index contributed by atoms with van der Waals surface area (Å²) in [5, 5.41) is 6.99. The number of nitrogens with one attached hydrogen (secondary N) is 1. The summed E-state index contributed by atoms with van der Waals surface area (Å²) in [6.45, 7) is 3.79. The highest BCUT2D eigenvalue weighted by Gasteiger charge is 2.14. The molecule has 6 nitrogen and oxygen atoms in total. The van der Waals surface area contributed by atoms with Crippen molar-refractivity contribution in [2.24, 2.45) is 0 Å². The Hall–Kier alpha value is -2.50. The zero-order valence-corrected chi connectivity index (χ0v) is 10.7. The fourth-order valence-corrected chi connectivity index (χ4v) is 2.19. The van der Waals surface area contributed by atoms with E-state index < -0.39 is 0 Å². The Kier molecular flexibility index (Phi) is 2.63. The molecule has 0 amide bonds. The quantitative estimate of drug-likeness (QED) is 0.750. The summed E-state index contributed by atoms with van der Waals surface area (Å²) in [6, 6.07) is 3.63. The van der Waals surface area contributed by atoms with E-state index in [1.807, 2.05) is 26.0 Å². The van der Waals surface area contributed by atoms with Crippen LogP contribution >= 0.6 is 0 Å². The minimum atomic E-state index is -0.0643. The standard InChI is InChI=1S/C13H13N5O/c1-3-10-8(2)15-13-17-16-11(18(13)12(10)19)9-4-6-14-7-5-9/h4-7H,3H2,1-2H3,(H,15,17). The van der Waals surface area contributed by atoms with Crippen LogP contribution in [0.25, 0.3) is 17.2 Å². The molecule has 3 aromatic heterocycles. The minimum absolute atomic E-state index is 0.0643. The van der Waals surface area contributed by atoms with Crippen LogP contribution in [0.4, 0.5) is 0 Å². The summed E-state index contributed by atoms with van der Waals surface area (Å²) in [7, 11) is 0. The Bertz CT molecular complexity index is 788. The smallest absolute Gasteiger partial charge is 0.264 e. The van der Waals surface area contributed by atoms with Crippen molar-refractivity contribution < 1.29 is 0 Å². The minimum Gasteiger partial charge on any atom is -0.268 e. The predicted octanol–water partition coefficient (Wildman–Crippen LogP) is 1.35. The van der Waals surface area contributed by atoms with Crippen molar-refractivity contribution in [3.63, 3.8) is 0 Å². The number of aromatic amines is 1. The first-order valence-corrected chi connectivity index (χ1v) is 6.09. The molecule has 0 saturated carbocycles. The van der Waals surface area contributed by atoms with Crippen LogP contribution < -0.4 is 5.56 Å². The Morgan fingerprint density at radius 2 is 2.05 bits per heavy atom. The fraction of sp³-hybridized carbons (Fsp3) is 0.231. The number of nitrogens with zero attached hydrogens (tertiary/aromatic N) is 4. The first-order valence-electron chi connectivity index (χ1n) is 6.09. The van der Waals surface area contributed by atoms with Crippen LogP contribution in [0.3, 0.4) is 0 Å². The third-order valence-corrected chi connectivity index (χ3v) is 3.15. The molecule has 1 N–H and O–H groups in total. The molecule has 3 rings (SSSR count). The molecule has 96 valence electrons. The molecule has 0 bridgehead atoms. The number of H-pyrrole nitrogens is 1. The van der Waals surface area contributed by atoms with Gasteiger partial charge in [0.25, 0.3) is 5.56 Å². The van der Waals surface area contributed by atoms with Gasteiger partial charge in [-0.15, -0.1) is 0 Å². The van der Waals surface area contributed by atoms with E-state index in [0.29, 0.717) is 23.6 Å². The average molecular weight is 255 g/mol. The molecule has 0 aliphatic heterocycles. The van der Waals surface area contributed by atoms with E-state index in [1.54, 1.807) is 12.4 Å². The molecule has 6 heteroatoms. The Morgan fingerprint density at radius 3 is 2.74 bits per heavy atom. The SMILES string of the molecule is CCc1c(C)nc2[nH]nc(-c3ccncc3)n2c1=O. The highest BCUT2D eigenvalue weighted by atomic mass is 16.1. The lowest BCUT2D eigenvalue weighted by Crippen LogP contribution is -2.21. The molecule has 0 unspecified atom stereocenters. The molecule has 3 heterocycles. The second kappa shape index (κ2) is 4.31. The van der Waals surface area contributed by atoms with Gasteiger partial charge in [0.05, 0.1) is 5.69 Å². The molecule has 0 aromatic carbocycles. The average Bonchev–Trinajstić information content (AvgIpc) is 2.84. The fourth-order valence-electron chi connectivity index (χ4n) is 2.19. The van der Waals surface area contributed by atoms with Crippen LogP contribution in [-0.4, -0.2) is 24.6 Å². The second-order valence-corrected chi connectivity index (χ2v) is 4.28. The molecule has 0 atom stereocenters. The van der Waals surface area contributed by atoms with Crippen molar-refractivity contribution in [2.75, 3.05) is 0 Å². The van der Waals surface area contributed by atoms with Crippen molar-refractivity contribution in [1.82, 2.24) is 24.6 Å². The second-order valence-electron chi connectivity index (χ2n) is 4.28. The van der Waals surface area contributed by atoms with E-state index in [1.165, 1.54) is 4.40 Å². The summed E-state index contributed by atoms with van der Waals surface area (Å²) in [4.78, 5) is 20.8. The van der Waals surface area contributed by atoms with Crippen LogP contribution in [-0.2, 0) is 6.42 Å². The van der Waals surface area contributed by atoms with Gasteiger partial charge in [-0.1, -0.05) is 6.92 Å². The molecule has 0 spiro atoms. The van der Waals surface area contributed by atoms with Crippen molar-refractivity contribution in [1.29, 1.82) is 0 Å². The summed E-state index contributed by atoms with van der Waals surface area (Å²) in [6.07, 6.45) is 3.99. The van der Waals surface area contributed by atoms with Crippen LogP contribution in [0, 0.1) is 6.92 Å². The topological polar surface area (TPSA) is 75.9 Å². The molecular formula is C13H13N5O. The number of aryl methyl sites for hydroxylation is 1. The molecule has 0 saturated heterocycles. The van der Waals surface area contributed by atoms with Gasteiger partial charge in [-0.05, 0) is 25.5 Å². The Morgan fingerprint density at radius 1 is 1.32 bits per heavy atom. The summed E-state index contributed by atoms with van der Waals surface area (Å²) < 4.78 is 1.52. The maximum absolute atomic E-state index is 12.5. The monoisotopic (exact) mass is 255 g/mol. The van der Waals surface area contributed by atoms with Crippen molar-refractivity contribution in [3.8, 4) is 11.4 Å². The third kappa shape index (κ3) is 1.72. The maximum Gasteiger partial charge on any atom is 0.264 e. The Labute approximate surface area is 109 Å². The van der Waals surface area contributed by atoms with E-state index >= 15 is 0 Å². The van der Waals surface area contributed by atoms with Crippen molar-refractivity contribution >= 4 is 5.78 Å². The summed E-state index contributed by atoms with van der Waals surface area (Å²) in [5.74, 6) is 1.02. The van der Waals surface area contributed by atoms with Gasteiger partial charge in [-0.2, -0.15) is 5.10 Å². The van der Waals surface area contributed by atoms with Crippen LogP contribution in [0.1, 0.15) is 18.2 Å². The lowest BCUT2D eigenvalue weighted by atomic mass is 10.2. The van der Waals surface area contributed by atoms with Gasteiger partial charge in [0.1, 0.15) is 0 Å². The molecule has 0 fully saturated rings. The number of fused-ring (bicyclic) bond motifs is 1. The lowest BCUT2D eigenvalue weighted by Gasteiger charge is -2.03. The highest BCUT2D eigenvalue weighted by Crippen LogP contribution is 2.15. The van der Waals surface area contributed by atoms with E-state index in [-0.39, 0.29) is 5.56 Å². The van der Waals surface area contributed by atoms with Crippen molar-refractivity contribution in [3.05, 3.63) is 46.1 Å². The highest BCUT2D eigenvalue weighted by molar-refractivity contribution is 5.57. The Balaban J connectivity index is 2.38. The molecule has 0 aliphatic rings. The number of aromatic nitrogens is 5. The van der Waals surface area contributed by atoms with Crippen molar-refractivity contribution in [2.45, 2.75) is 20.3 Å². The number of rotatable bonds is 2. The first kappa shape index (κ1) is 11.6. The van der Waals surface area contributed by atoms with Gasteiger partial charge < -0.3 is 0 Å². The summed E-state index contributed by atoms with van der Waals surface area (Å²) in [5.41, 5.74) is 2.23. The maximum atomic E-state index is 12.5. The van der Waals surface area contributed by atoms with Gasteiger partial charge in [0.2, 0.25) is 5.78 Å². The molecule has 0 radical (unpaired) electrons. The largest absolute Gasteiger partial charge is 0.268 e. The van der Waals surface area contributed by atoms with Gasteiger partial charge >= 0.3 is 0 Å². The van der Waals surface area contributed by atoms with Gasteiger partial charge in [-0.3, -0.25) is 9.78 Å². The van der Waals surface area contributed by atoms with E-state index in [4.69, 9.17) is 0 Å². The van der Waals surface area contributed by atoms with E-state index in [2.05, 4.69) is 20.2 Å². The lowest BCUT2D eigenvalue weighted by molar-refractivity contribution is 0.942.